The van der Waals surface area contributed by atoms with Gasteiger partial charge >= 0.3 is 6.08 Å². The second kappa shape index (κ2) is 10.8. The first kappa shape index (κ1) is 21.1. The molecule has 1 aromatic carbocycles. The molecule has 0 unspecified atom stereocenters. The van der Waals surface area contributed by atoms with Crippen LogP contribution in [0.25, 0.3) is 0 Å². The number of aryl methyl sites for hydroxylation is 1. The number of hydrogen-bond acceptors (Lipinski definition) is 8. The van der Waals surface area contributed by atoms with E-state index in [4.69, 9.17) is 23.4 Å². The van der Waals surface area contributed by atoms with E-state index in [1.807, 2.05) is 38.1 Å². The molecular formula is C20H27N3O6. The smallest absolute Gasteiger partial charge is 0.414 e. The molecule has 2 atom stereocenters. The van der Waals surface area contributed by atoms with Gasteiger partial charge in [0.2, 0.25) is 5.89 Å². The van der Waals surface area contributed by atoms with Crippen LogP contribution in [0.5, 0.6) is 11.8 Å². The summed E-state index contributed by atoms with van der Waals surface area (Å²) in [6.07, 6.45) is 1.20. The van der Waals surface area contributed by atoms with Crippen LogP contribution >= 0.6 is 0 Å². The molecule has 0 radical (unpaired) electrons. The van der Waals surface area contributed by atoms with Gasteiger partial charge in [-0.25, -0.2) is 0 Å². The second-order valence-corrected chi connectivity index (χ2v) is 6.72. The topological polar surface area (TPSA) is 105 Å². The number of nitrogens with one attached hydrogen (secondary N) is 1. The quantitative estimate of drug-likeness (QED) is 0.600. The normalized spacial score (nSPS) is 19.0. The summed E-state index contributed by atoms with van der Waals surface area (Å²) in [5, 5.41) is 10.8. The van der Waals surface area contributed by atoms with E-state index < -0.39 is 0 Å². The monoisotopic (exact) mass is 405 g/mol. The molecule has 0 spiro atoms. The minimum absolute atomic E-state index is 0.0326. The van der Waals surface area contributed by atoms with Gasteiger partial charge in [0.05, 0.1) is 19.3 Å². The van der Waals surface area contributed by atoms with Gasteiger partial charge < -0.3 is 28.7 Å². The lowest BCUT2D eigenvalue weighted by Crippen LogP contribution is -2.43. The first-order valence-electron chi connectivity index (χ1n) is 9.78. The molecule has 0 bridgehead atoms. The lowest BCUT2D eigenvalue weighted by atomic mass is 10.1. The highest BCUT2D eigenvalue weighted by Gasteiger charge is 2.28. The molecule has 1 aromatic heterocycles. The largest absolute Gasteiger partial charge is 0.484 e. The van der Waals surface area contributed by atoms with Crippen molar-refractivity contribution in [2.75, 3.05) is 33.0 Å². The zero-order valence-corrected chi connectivity index (χ0v) is 16.8. The molecule has 1 aliphatic heterocycles. The van der Waals surface area contributed by atoms with E-state index in [-0.39, 0.29) is 30.7 Å². The van der Waals surface area contributed by atoms with E-state index >= 15 is 0 Å². The zero-order valence-electron chi connectivity index (χ0n) is 16.8. The Balaban J connectivity index is 1.36. The van der Waals surface area contributed by atoms with Gasteiger partial charge in [-0.2, -0.15) is 0 Å². The van der Waals surface area contributed by atoms with Crippen molar-refractivity contribution in [3.63, 3.8) is 0 Å². The van der Waals surface area contributed by atoms with Gasteiger partial charge in [0.15, 0.2) is 6.61 Å². The van der Waals surface area contributed by atoms with E-state index in [1.165, 1.54) is 0 Å². The summed E-state index contributed by atoms with van der Waals surface area (Å²) in [5.41, 5.74) is 1.14. The van der Waals surface area contributed by atoms with Crippen molar-refractivity contribution in [2.24, 2.45) is 0 Å². The molecule has 9 heteroatoms. The average molecular weight is 405 g/mol. The molecule has 2 aromatic rings. The molecule has 29 heavy (non-hydrogen) atoms. The SMILES string of the molecule is CCOCCOc1nnc([C@@H]2CC[C@@H](NC(=O)COc3ccc(C)cc3)CO2)o1. The maximum absolute atomic E-state index is 12.1. The second-order valence-electron chi connectivity index (χ2n) is 6.72. The highest BCUT2D eigenvalue weighted by atomic mass is 16.6. The third kappa shape index (κ3) is 6.72. The van der Waals surface area contributed by atoms with Crippen molar-refractivity contribution in [1.29, 1.82) is 0 Å². The van der Waals surface area contributed by atoms with Crippen molar-refractivity contribution in [3.8, 4) is 11.8 Å². The molecule has 0 aliphatic carbocycles. The lowest BCUT2D eigenvalue weighted by Gasteiger charge is -2.27. The molecule has 2 heterocycles. The predicted octanol–water partition coefficient (Wildman–Crippen LogP) is 2.21. The summed E-state index contributed by atoms with van der Waals surface area (Å²) in [6.45, 7) is 5.68. The van der Waals surface area contributed by atoms with Gasteiger partial charge in [0.1, 0.15) is 18.5 Å². The third-order valence-electron chi connectivity index (χ3n) is 4.39. The average Bonchev–Trinajstić information content (AvgIpc) is 3.20. The van der Waals surface area contributed by atoms with Crippen LogP contribution in [0.4, 0.5) is 0 Å². The standard InChI is InChI=1S/C20H27N3O6/c1-3-25-10-11-26-20-23-22-19(29-20)17-9-6-15(12-28-17)21-18(24)13-27-16-7-4-14(2)5-8-16/h4-5,7-8,15,17H,3,6,9-13H2,1-2H3,(H,21,24)/t15-,17+/m1/s1. The molecule has 1 fully saturated rings. The maximum atomic E-state index is 12.1. The Morgan fingerprint density at radius 1 is 1.17 bits per heavy atom. The molecule has 1 N–H and O–H groups in total. The summed E-state index contributed by atoms with van der Waals surface area (Å²) in [4.78, 5) is 12.1. The number of nitrogens with zero attached hydrogens (tertiary/aromatic N) is 2. The van der Waals surface area contributed by atoms with Crippen molar-refractivity contribution in [2.45, 2.75) is 38.8 Å². The van der Waals surface area contributed by atoms with Crippen LogP contribution in [-0.2, 0) is 14.3 Å². The van der Waals surface area contributed by atoms with Gasteiger partial charge in [-0.3, -0.25) is 4.79 Å². The molecule has 3 rings (SSSR count). The van der Waals surface area contributed by atoms with Crippen LogP contribution in [-0.4, -0.2) is 55.2 Å². The Morgan fingerprint density at radius 3 is 2.72 bits per heavy atom. The molecule has 1 aliphatic rings. The summed E-state index contributed by atoms with van der Waals surface area (Å²) >= 11 is 0. The van der Waals surface area contributed by atoms with E-state index in [1.54, 1.807) is 0 Å². The van der Waals surface area contributed by atoms with Gasteiger partial charge in [-0.15, -0.1) is 5.10 Å². The summed E-state index contributed by atoms with van der Waals surface area (Å²) in [5.74, 6) is 0.866. The van der Waals surface area contributed by atoms with Crippen molar-refractivity contribution in [3.05, 3.63) is 35.7 Å². The van der Waals surface area contributed by atoms with Crippen molar-refractivity contribution in [1.82, 2.24) is 15.5 Å². The van der Waals surface area contributed by atoms with Crippen LogP contribution in [0.15, 0.2) is 28.7 Å². The minimum atomic E-state index is -0.302. The Labute approximate surface area is 169 Å². The summed E-state index contributed by atoms with van der Waals surface area (Å²) in [7, 11) is 0. The first-order valence-corrected chi connectivity index (χ1v) is 9.78. The molecule has 158 valence electrons. The molecule has 9 nitrogen and oxygen atoms in total. The number of benzene rings is 1. The van der Waals surface area contributed by atoms with Crippen LogP contribution in [0.3, 0.4) is 0 Å². The highest BCUT2D eigenvalue weighted by molar-refractivity contribution is 5.77. The number of aromatic nitrogens is 2. The zero-order chi connectivity index (χ0) is 20.5. The predicted molar refractivity (Wildman–Crippen MR) is 103 cm³/mol. The fraction of sp³-hybridized carbons (Fsp3) is 0.550. The number of carbonyl (C=O) groups is 1. The van der Waals surface area contributed by atoms with Gasteiger partial charge in [-0.05, 0) is 38.8 Å². The van der Waals surface area contributed by atoms with Crippen LogP contribution in [0.1, 0.15) is 37.3 Å². The third-order valence-corrected chi connectivity index (χ3v) is 4.39. The van der Waals surface area contributed by atoms with Crippen molar-refractivity contribution >= 4 is 5.91 Å². The van der Waals surface area contributed by atoms with Gasteiger partial charge in [0.25, 0.3) is 5.91 Å². The number of ether oxygens (including phenoxy) is 4. The number of hydrogen-bond donors (Lipinski definition) is 1. The van der Waals surface area contributed by atoms with E-state index in [0.29, 0.717) is 44.5 Å². The Hall–Kier alpha value is -2.65. The Kier molecular flexibility index (Phi) is 7.83. The van der Waals surface area contributed by atoms with Gasteiger partial charge in [-0.1, -0.05) is 22.8 Å². The van der Waals surface area contributed by atoms with Crippen LogP contribution in [0.2, 0.25) is 0 Å². The number of amides is 1. The molecule has 0 saturated carbocycles. The Morgan fingerprint density at radius 2 is 2.00 bits per heavy atom. The minimum Gasteiger partial charge on any atom is -0.484 e. The molecule has 1 saturated heterocycles. The summed E-state index contributed by atoms with van der Waals surface area (Å²) in [6, 6.07) is 7.49. The Bertz CT molecular complexity index is 756. The number of rotatable bonds is 10. The first-order chi connectivity index (χ1) is 14.1. The van der Waals surface area contributed by atoms with Gasteiger partial charge in [0, 0.05) is 6.61 Å². The van der Waals surface area contributed by atoms with E-state index in [9.17, 15) is 4.79 Å². The van der Waals surface area contributed by atoms with E-state index in [2.05, 4.69) is 15.5 Å². The van der Waals surface area contributed by atoms with E-state index in [0.717, 1.165) is 12.0 Å². The fourth-order valence-corrected chi connectivity index (χ4v) is 2.85. The lowest BCUT2D eigenvalue weighted by molar-refractivity contribution is -0.125. The molecule has 1 amide bonds. The van der Waals surface area contributed by atoms with Crippen LogP contribution < -0.4 is 14.8 Å². The summed E-state index contributed by atoms with van der Waals surface area (Å²) < 4.78 is 27.3. The highest BCUT2D eigenvalue weighted by Crippen LogP contribution is 2.28. The molecular weight excluding hydrogens is 378 g/mol. The number of carbonyl (C=O) groups excluding carboxylic acids is 1. The van der Waals surface area contributed by atoms with Crippen molar-refractivity contribution < 1.29 is 28.2 Å². The van der Waals surface area contributed by atoms with Crippen LogP contribution in [0, 0.1) is 6.92 Å². The fourth-order valence-electron chi connectivity index (χ4n) is 2.85. The maximum Gasteiger partial charge on any atom is 0.414 e.